The molecular weight excluding hydrogens is 248 g/mol. The van der Waals surface area contributed by atoms with Crippen LogP contribution in [0.4, 0.5) is 0 Å². The summed E-state index contributed by atoms with van der Waals surface area (Å²) in [5.74, 6) is 0. The standard InChI is InChI=1S/C17H34N2O/c1-4-19(15-8-6-5-7-9-15)13-17-11-10-16(20-17)12-18-14(2)3/h14-18H,4-13H2,1-3H3. The van der Waals surface area contributed by atoms with E-state index in [1.165, 1.54) is 51.5 Å². The Hall–Kier alpha value is -0.120. The van der Waals surface area contributed by atoms with Crippen LogP contribution in [0.15, 0.2) is 0 Å². The summed E-state index contributed by atoms with van der Waals surface area (Å²) < 4.78 is 6.23. The lowest BCUT2D eigenvalue weighted by Crippen LogP contribution is -2.42. The summed E-state index contributed by atoms with van der Waals surface area (Å²) in [6, 6.07) is 1.39. The van der Waals surface area contributed by atoms with Gasteiger partial charge in [0, 0.05) is 25.2 Å². The minimum Gasteiger partial charge on any atom is -0.372 e. The van der Waals surface area contributed by atoms with E-state index in [0.29, 0.717) is 18.2 Å². The van der Waals surface area contributed by atoms with Gasteiger partial charge in [0.15, 0.2) is 0 Å². The quantitative estimate of drug-likeness (QED) is 0.776. The number of likely N-dealkylation sites (N-methyl/N-ethyl adjacent to an activating group) is 1. The molecule has 2 fully saturated rings. The van der Waals surface area contributed by atoms with Crippen LogP contribution >= 0.6 is 0 Å². The Morgan fingerprint density at radius 1 is 1.05 bits per heavy atom. The molecule has 1 N–H and O–H groups in total. The Kier molecular flexibility index (Phi) is 6.79. The van der Waals surface area contributed by atoms with Crippen molar-refractivity contribution in [2.45, 2.75) is 90.0 Å². The number of nitrogens with one attached hydrogen (secondary N) is 1. The van der Waals surface area contributed by atoms with Gasteiger partial charge in [-0.25, -0.2) is 0 Å². The van der Waals surface area contributed by atoms with E-state index in [-0.39, 0.29) is 0 Å². The van der Waals surface area contributed by atoms with Crippen molar-refractivity contribution in [3.63, 3.8) is 0 Å². The maximum absolute atomic E-state index is 6.23. The zero-order valence-electron chi connectivity index (χ0n) is 13.7. The molecule has 3 nitrogen and oxygen atoms in total. The van der Waals surface area contributed by atoms with Gasteiger partial charge in [-0.2, -0.15) is 0 Å². The van der Waals surface area contributed by atoms with Crippen molar-refractivity contribution in [1.82, 2.24) is 10.2 Å². The van der Waals surface area contributed by atoms with E-state index in [1.54, 1.807) is 0 Å². The van der Waals surface area contributed by atoms with E-state index in [1.807, 2.05) is 0 Å². The largest absolute Gasteiger partial charge is 0.372 e. The fourth-order valence-corrected chi connectivity index (χ4v) is 3.68. The molecule has 3 heteroatoms. The summed E-state index contributed by atoms with van der Waals surface area (Å²) in [5, 5.41) is 3.50. The van der Waals surface area contributed by atoms with Crippen molar-refractivity contribution < 1.29 is 4.74 Å². The highest BCUT2D eigenvalue weighted by Gasteiger charge is 2.29. The fourth-order valence-electron chi connectivity index (χ4n) is 3.68. The molecule has 1 saturated heterocycles. The normalized spacial score (nSPS) is 28.6. The summed E-state index contributed by atoms with van der Waals surface area (Å²) in [5.41, 5.74) is 0. The maximum atomic E-state index is 6.23. The second-order valence-electron chi connectivity index (χ2n) is 6.90. The third kappa shape index (κ3) is 5.01. The summed E-state index contributed by atoms with van der Waals surface area (Å²) in [7, 11) is 0. The van der Waals surface area contributed by atoms with E-state index in [2.05, 4.69) is 31.0 Å². The second-order valence-corrected chi connectivity index (χ2v) is 6.90. The Bertz CT molecular complexity index is 264. The molecule has 0 spiro atoms. The van der Waals surface area contributed by atoms with Gasteiger partial charge in [0.1, 0.15) is 0 Å². The van der Waals surface area contributed by atoms with Crippen LogP contribution in [0, 0.1) is 0 Å². The van der Waals surface area contributed by atoms with E-state index in [4.69, 9.17) is 4.74 Å². The lowest BCUT2D eigenvalue weighted by molar-refractivity contribution is 0.0108. The van der Waals surface area contributed by atoms with Gasteiger partial charge >= 0.3 is 0 Å². The van der Waals surface area contributed by atoms with Crippen LogP contribution in [0.2, 0.25) is 0 Å². The van der Waals surface area contributed by atoms with Gasteiger partial charge in [0.2, 0.25) is 0 Å². The van der Waals surface area contributed by atoms with Gasteiger partial charge in [-0.3, -0.25) is 4.90 Å². The van der Waals surface area contributed by atoms with E-state index in [9.17, 15) is 0 Å². The molecule has 0 radical (unpaired) electrons. The van der Waals surface area contributed by atoms with Crippen LogP contribution in [0.3, 0.4) is 0 Å². The molecule has 0 bridgehead atoms. The third-order valence-electron chi connectivity index (χ3n) is 4.88. The molecule has 0 aromatic carbocycles. The van der Waals surface area contributed by atoms with Gasteiger partial charge in [-0.15, -0.1) is 0 Å². The van der Waals surface area contributed by atoms with Crippen molar-refractivity contribution in [1.29, 1.82) is 0 Å². The van der Waals surface area contributed by atoms with E-state index >= 15 is 0 Å². The Morgan fingerprint density at radius 3 is 2.40 bits per heavy atom. The van der Waals surface area contributed by atoms with Crippen LogP contribution in [0.5, 0.6) is 0 Å². The van der Waals surface area contributed by atoms with Crippen LogP contribution in [-0.4, -0.2) is 48.8 Å². The van der Waals surface area contributed by atoms with Gasteiger partial charge in [0.25, 0.3) is 0 Å². The molecular formula is C17H34N2O. The highest BCUT2D eigenvalue weighted by atomic mass is 16.5. The lowest BCUT2D eigenvalue weighted by atomic mass is 9.94. The number of rotatable bonds is 7. The maximum Gasteiger partial charge on any atom is 0.0707 e. The van der Waals surface area contributed by atoms with Gasteiger partial charge in [-0.1, -0.05) is 40.0 Å². The second kappa shape index (κ2) is 8.35. The number of hydrogen-bond donors (Lipinski definition) is 1. The third-order valence-corrected chi connectivity index (χ3v) is 4.88. The van der Waals surface area contributed by atoms with Crippen molar-refractivity contribution >= 4 is 0 Å². The highest BCUT2D eigenvalue weighted by Crippen LogP contribution is 2.25. The fraction of sp³-hybridized carbons (Fsp3) is 1.00. The molecule has 1 aliphatic heterocycles. The molecule has 2 atom stereocenters. The minimum absolute atomic E-state index is 0.437. The average Bonchev–Trinajstić information content (AvgIpc) is 2.91. The van der Waals surface area contributed by atoms with Crippen molar-refractivity contribution in [2.75, 3.05) is 19.6 Å². The minimum atomic E-state index is 0.437. The van der Waals surface area contributed by atoms with E-state index < -0.39 is 0 Å². The molecule has 1 heterocycles. The molecule has 0 aromatic rings. The molecule has 2 rings (SSSR count). The Labute approximate surface area is 125 Å². The van der Waals surface area contributed by atoms with Crippen LogP contribution in [0.1, 0.15) is 65.7 Å². The summed E-state index contributed by atoms with van der Waals surface area (Å²) in [4.78, 5) is 2.68. The predicted octanol–water partition coefficient (Wildman–Crippen LogP) is 3.19. The Balaban J connectivity index is 1.72. The molecule has 0 aromatic heterocycles. The van der Waals surface area contributed by atoms with Crippen molar-refractivity contribution in [3.8, 4) is 0 Å². The SMILES string of the molecule is CCN(CC1CCC(CNC(C)C)O1)C1CCCCC1. The van der Waals surface area contributed by atoms with Crippen LogP contribution < -0.4 is 5.32 Å². The van der Waals surface area contributed by atoms with E-state index in [0.717, 1.165) is 19.1 Å². The first-order valence-electron chi connectivity index (χ1n) is 8.82. The molecule has 0 amide bonds. The van der Waals surface area contributed by atoms with Crippen molar-refractivity contribution in [3.05, 3.63) is 0 Å². The summed E-state index contributed by atoms with van der Waals surface area (Å²) >= 11 is 0. The zero-order valence-corrected chi connectivity index (χ0v) is 13.7. The molecule has 2 aliphatic rings. The zero-order chi connectivity index (χ0) is 14.4. The van der Waals surface area contributed by atoms with Crippen LogP contribution in [-0.2, 0) is 4.74 Å². The molecule has 1 saturated carbocycles. The monoisotopic (exact) mass is 282 g/mol. The first kappa shape index (κ1) is 16.3. The van der Waals surface area contributed by atoms with Crippen molar-refractivity contribution in [2.24, 2.45) is 0 Å². The molecule has 20 heavy (non-hydrogen) atoms. The average molecular weight is 282 g/mol. The number of nitrogens with zero attached hydrogens (tertiary/aromatic N) is 1. The summed E-state index contributed by atoms with van der Waals surface area (Å²) in [6.45, 7) is 10.1. The van der Waals surface area contributed by atoms with Gasteiger partial charge in [-0.05, 0) is 32.2 Å². The lowest BCUT2D eigenvalue weighted by Gasteiger charge is -2.35. The van der Waals surface area contributed by atoms with Gasteiger partial charge < -0.3 is 10.1 Å². The highest BCUT2D eigenvalue weighted by molar-refractivity contribution is 4.82. The molecule has 2 unspecified atom stereocenters. The summed E-state index contributed by atoms with van der Waals surface area (Å²) in [6.07, 6.45) is 10.5. The first-order valence-corrected chi connectivity index (χ1v) is 8.82. The number of hydrogen-bond acceptors (Lipinski definition) is 3. The first-order chi connectivity index (χ1) is 9.69. The number of ether oxygens (including phenoxy) is 1. The van der Waals surface area contributed by atoms with Gasteiger partial charge in [0.05, 0.1) is 12.2 Å². The smallest absolute Gasteiger partial charge is 0.0707 e. The molecule has 1 aliphatic carbocycles. The molecule has 118 valence electrons. The predicted molar refractivity (Wildman–Crippen MR) is 85.2 cm³/mol. The van der Waals surface area contributed by atoms with Crippen LogP contribution in [0.25, 0.3) is 0 Å². The topological polar surface area (TPSA) is 24.5 Å². The Morgan fingerprint density at radius 2 is 1.75 bits per heavy atom.